The summed E-state index contributed by atoms with van der Waals surface area (Å²) >= 11 is 0. The number of carbonyl (C=O) groups excluding carboxylic acids is 1. The summed E-state index contributed by atoms with van der Waals surface area (Å²) in [6.45, 7) is 8.55. The lowest BCUT2D eigenvalue weighted by atomic mass is 10.3. The molecule has 0 atom stereocenters. The highest BCUT2D eigenvalue weighted by atomic mass is 16.5. The molecule has 170 valence electrons. The molecule has 1 fully saturated rings. The van der Waals surface area contributed by atoms with E-state index < -0.39 is 0 Å². The van der Waals surface area contributed by atoms with Crippen LogP contribution in [0.2, 0.25) is 0 Å². The van der Waals surface area contributed by atoms with Crippen LogP contribution in [-0.4, -0.2) is 102 Å². The second-order valence-electron chi connectivity index (χ2n) is 7.49. The van der Waals surface area contributed by atoms with Crippen molar-refractivity contribution in [1.82, 2.24) is 35.0 Å². The molecule has 0 unspecified atom stereocenters. The molecule has 2 N–H and O–H groups in total. The van der Waals surface area contributed by atoms with Crippen molar-refractivity contribution in [2.24, 2.45) is 4.99 Å². The third kappa shape index (κ3) is 6.90. The number of amides is 1. The maximum Gasteiger partial charge on any atom is 0.234 e. The molecule has 10 heteroatoms. The Morgan fingerprint density at radius 2 is 2.03 bits per heavy atom. The highest BCUT2D eigenvalue weighted by Gasteiger charge is 2.21. The summed E-state index contributed by atoms with van der Waals surface area (Å²) in [5, 5.41) is 14.8. The summed E-state index contributed by atoms with van der Waals surface area (Å²) in [6, 6.07) is 5.92. The van der Waals surface area contributed by atoms with E-state index >= 15 is 0 Å². The van der Waals surface area contributed by atoms with E-state index in [0.717, 1.165) is 69.5 Å². The van der Waals surface area contributed by atoms with Crippen LogP contribution in [-0.2, 0) is 16.0 Å². The lowest BCUT2D eigenvalue weighted by molar-refractivity contribution is -0.122. The summed E-state index contributed by atoms with van der Waals surface area (Å²) < 4.78 is 6.99. The van der Waals surface area contributed by atoms with E-state index in [1.54, 1.807) is 7.11 Å². The largest absolute Gasteiger partial charge is 0.383 e. The zero-order chi connectivity index (χ0) is 21.9. The summed E-state index contributed by atoms with van der Waals surface area (Å²) in [6.07, 6.45) is 3.74. The van der Waals surface area contributed by atoms with E-state index in [4.69, 9.17) is 9.73 Å². The van der Waals surface area contributed by atoms with E-state index in [9.17, 15) is 4.79 Å². The van der Waals surface area contributed by atoms with Gasteiger partial charge in [-0.1, -0.05) is 6.07 Å². The summed E-state index contributed by atoms with van der Waals surface area (Å²) in [5.41, 5.74) is 0.875. The number of aromatic nitrogens is 3. The lowest BCUT2D eigenvalue weighted by Crippen LogP contribution is -2.54. The molecular formula is C21H34N8O2. The number of rotatable bonds is 10. The van der Waals surface area contributed by atoms with Crippen LogP contribution in [0.15, 0.2) is 29.4 Å². The van der Waals surface area contributed by atoms with Gasteiger partial charge >= 0.3 is 0 Å². The van der Waals surface area contributed by atoms with Gasteiger partial charge in [0.15, 0.2) is 11.6 Å². The monoisotopic (exact) mass is 430 g/mol. The summed E-state index contributed by atoms with van der Waals surface area (Å²) in [5.74, 6) is 1.96. The first kappa shape index (κ1) is 23.0. The molecule has 2 aromatic rings. The molecule has 3 rings (SSSR count). The number of fused-ring (bicyclic) bond motifs is 1. The number of aliphatic imine (C=N–C) groups is 1. The van der Waals surface area contributed by atoms with E-state index in [1.165, 1.54) is 0 Å². The second kappa shape index (κ2) is 12.2. The lowest BCUT2D eigenvalue weighted by Gasteiger charge is -2.36. The fourth-order valence-electron chi connectivity index (χ4n) is 3.58. The zero-order valence-corrected chi connectivity index (χ0v) is 18.6. The smallest absolute Gasteiger partial charge is 0.234 e. The van der Waals surface area contributed by atoms with Gasteiger partial charge in [-0.3, -0.25) is 19.1 Å². The van der Waals surface area contributed by atoms with Crippen LogP contribution in [0, 0.1) is 0 Å². The Morgan fingerprint density at radius 1 is 1.19 bits per heavy atom. The standard InChI is InChI=1S/C21H34N8O2/c1-3-22-21(24-9-6-8-19-26-25-18-7-4-5-11-29(18)19)28-14-12-27(13-15-28)17-20(30)23-10-16-31-2/h4-5,7,11H,3,6,8-10,12-17H2,1-2H3,(H,22,24)(H,23,30). The normalized spacial score (nSPS) is 15.4. The predicted octanol–water partition coefficient (Wildman–Crippen LogP) is 0.00760. The Kier molecular flexibility index (Phi) is 9.04. The Balaban J connectivity index is 1.43. The highest BCUT2D eigenvalue weighted by molar-refractivity contribution is 5.80. The average Bonchev–Trinajstić information content (AvgIpc) is 3.20. The van der Waals surface area contributed by atoms with Crippen LogP contribution in [0.5, 0.6) is 0 Å². The molecule has 0 aromatic carbocycles. The van der Waals surface area contributed by atoms with Crippen molar-refractivity contribution in [3.05, 3.63) is 30.2 Å². The first-order valence-electron chi connectivity index (χ1n) is 11.0. The number of hydrogen-bond donors (Lipinski definition) is 2. The molecular weight excluding hydrogens is 396 g/mol. The van der Waals surface area contributed by atoms with Crippen molar-refractivity contribution in [3.8, 4) is 0 Å². The number of nitrogens with zero attached hydrogens (tertiary/aromatic N) is 6. The third-order valence-electron chi connectivity index (χ3n) is 5.21. The van der Waals surface area contributed by atoms with Crippen LogP contribution in [0.3, 0.4) is 0 Å². The molecule has 3 heterocycles. The van der Waals surface area contributed by atoms with Crippen molar-refractivity contribution in [2.45, 2.75) is 19.8 Å². The van der Waals surface area contributed by atoms with Crippen molar-refractivity contribution >= 4 is 17.5 Å². The van der Waals surface area contributed by atoms with Crippen LogP contribution >= 0.6 is 0 Å². The van der Waals surface area contributed by atoms with Gasteiger partial charge in [0.25, 0.3) is 0 Å². The quantitative estimate of drug-likeness (QED) is 0.311. The molecule has 2 aromatic heterocycles. The molecule has 0 radical (unpaired) electrons. The Labute approximate surface area is 183 Å². The molecule has 1 aliphatic heterocycles. The second-order valence-corrected chi connectivity index (χ2v) is 7.49. The molecule has 1 aliphatic rings. The average molecular weight is 431 g/mol. The molecule has 0 bridgehead atoms. The number of ether oxygens (including phenoxy) is 1. The SMILES string of the molecule is CCNC(=NCCCc1nnc2ccccn12)N1CCN(CC(=O)NCCOC)CC1. The first-order chi connectivity index (χ1) is 15.2. The fourth-order valence-corrected chi connectivity index (χ4v) is 3.58. The number of aryl methyl sites for hydroxylation is 1. The molecule has 0 aliphatic carbocycles. The van der Waals surface area contributed by atoms with Gasteiger partial charge in [-0.2, -0.15) is 0 Å². The summed E-state index contributed by atoms with van der Waals surface area (Å²) in [4.78, 5) is 21.3. The Bertz CT molecular complexity index is 845. The number of carbonyl (C=O) groups is 1. The molecule has 1 saturated heterocycles. The molecule has 0 saturated carbocycles. The van der Waals surface area contributed by atoms with E-state index in [2.05, 4.69) is 37.6 Å². The molecule has 10 nitrogen and oxygen atoms in total. The minimum absolute atomic E-state index is 0.0482. The number of piperazine rings is 1. The van der Waals surface area contributed by atoms with Crippen LogP contribution in [0.4, 0.5) is 0 Å². The van der Waals surface area contributed by atoms with E-state index in [-0.39, 0.29) is 5.91 Å². The fraction of sp³-hybridized carbons (Fsp3) is 0.619. The van der Waals surface area contributed by atoms with Gasteiger partial charge < -0.3 is 20.3 Å². The van der Waals surface area contributed by atoms with Crippen molar-refractivity contribution < 1.29 is 9.53 Å². The number of nitrogens with one attached hydrogen (secondary N) is 2. The van der Waals surface area contributed by atoms with E-state index in [0.29, 0.717) is 19.7 Å². The van der Waals surface area contributed by atoms with Crippen molar-refractivity contribution in [3.63, 3.8) is 0 Å². The molecule has 0 spiro atoms. The molecule has 1 amide bonds. The van der Waals surface area contributed by atoms with Gasteiger partial charge in [-0.05, 0) is 25.5 Å². The Hall–Kier alpha value is -2.72. The van der Waals surface area contributed by atoms with Crippen LogP contribution < -0.4 is 10.6 Å². The maximum absolute atomic E-state index is 12.0. The summed E-state index contributed by atoms with van der Waals surface area (Å²) in [7, 11) is 1.63. The van der Waals surface area contributed by atoms with Gasteiger partial charge in [0.05, 0.1) is 13.2 Å². The number of pyridine rings is 1. The van der Waals surface area contributed by atoms with Gasteiger partial charge in [0, 0.05) is 65.5 Å². The first-order valence-corrected chi connectivity index (χ1v) is 11.0. The highest BCUT2D eigenvalue weighted by Crippen LogP contribution is 2.06. The predicted molar refractivity (Wildman–Crippen MR) is 120 cm³/mol. The van der Waals surface area contributed by atoms with Crippen molar-refractivity contribution in [1.29, 1.82) is 0 Å². The van der Waals surface area contributed by atoms with Gasteiger partial charge in [-0.25, -0.2) is 0 Å². The minimum Gasteiger partial charge on any atom is -0.383 e. The third-order valence-corrected chi connectivity index (χ3v) is 5.21. The van der Waals surface area contributed by atoms with Crippen LogP contribution in [0.25, 0.3) is 5.65 Å². The van der Waals surface area contributed by atoms with Gasteiger partial charge in [0.1, 0.15) is 5.82 Å². The van der Waals surface area contributed by atoms with Crippen LogP contribution in [0.1, 0.15) is 19.2 Å². The maximum atomic E-state index is 12.0. The van der Waals surface area contributed by atoms with E-state index in [1.807, 2.05) is 28.8 Å². The van der Waals surface area contributed by atoms with Crippen molar-refractivity contribution in [2.75, 3.05) is 66.1 Å². The number of guanidine groups is 1. The minimum atomic E-state index is 0.0482. The van der Waals surface area contributed by atoms with Gasteiger partial charge in [-0.15, -0.1) is 10.2 Å². The number of methoxy groups -OCH3 is 1. The topological polar surface area (TPSA) is 99.4 Å². The zero-order valence-electron chi connectivity index (χ0n) is 18.6. The number of hydrogen-bond acceptors (Lipinski definition) is 6. The Morgan fingerprint density at radius 3 is 2.81 bits per heavy atom. The molecule has 31 heavy (non-hydrogen) atoms. The van der Waals surface area contributed by atoms with Gasteiger partial charge in [0.2, 0.25) is 5.91 Å².